The van der Waals surface area contributed by atoms with Crippen LogP contribution in [-0.2, 0) is 11.3 Å². The average Bonchev–Trinajstić information content (AvgIpc) is 2.67. The summed E-state index contributed by atoms with van der Waals surface area (Å²) >= 11 is 0. The molecule has 4 heteroatoms. The highest BCUT2D eigenvalue weighted by Crippen LogP contribution is 2.55. The molecule has 1 heterocycles. The van der Waals surface area contributed by atoms with Crippen molar-refractivity contribution in [3.63, 3.8) is 0 Å². The van der Waals surface area contributed by atoms with Crippen LogP contribution in [0.1, 0.15) is 51.0 Å². The third-order valence-electron chi connectivity index (χ3n) is 8.01. The van der Waals surface area contributed by atoms with Crippen LogP contribution in [0.5, 0.6) is 0 Å². The number of rotatable bonds is 5. The molecule has 0 unspecified atom stereocenters. The van der Waals surface area contributed by atoms with E-state index < -0.39 is 0 Å². The zero-order valence-corrected chi connectivity index (χ0v) is 17.3. The van der Waals surface area contributed by atoms with Gasteiger partial charge in [0, 0.05) is 38.3 Å². The van der Waals surface area contributed by atoms with Crippen molar-refractivity contribution in [2.75, 3.05) is 26.2 Å². The van der Waals surface area contributed by atoms with Crippen LogP contribution >= 0.6 is 0 Å². The lowest BCUT2D eigenvalue weighted by molar-refractivity contribution is -0.132. The van der Waals surface area contributed by atoms with Crippen LogP contribution < -0.4 is 5.32 Å². The van der Waals surface area contributed by atoms with Gasteiger partial charge in [0.2, 0.25) is 5.91 Å². The summed E-state index contributed by atoms with van der Waals surface area (Å²) in [6.45, 7) is 7.20. The van der Waals surface area contributed by atoms with Crippen LogP contribution in [0.2, 0.25) is 0 Å². The fourth-order valence-electron chi connectivity index (χ4n) is 6.95. The van der Waals surface area contributed by atoms with E-state index in [9.17, 15) is 4.79 Å². The molecule has 5 aliphatic rings. The van der Waals surface area contributed by atoms with E-state index in [-0.39, 0.29) is 17.5 Å². The van der Waals surface area contributed by atoms with E-state index in [1.54, 1.807) is 0 Å². The van der Waals surface area contributed by atoms with Crippen molar-refractivity contribution in [3.05, 3.63) is 35.9 Å². The summed E-state index contributed by atoms with van der Waals surface area (Å²) in [7, 11) is 0. The molecule has 5 fully saturated rings. The molecule has 4 saturated carbocycles. The summed E-state index contributed by atoms with van der Waals surface area (Å²) in [6, 6.07) is 10.7. The minimum atomic E-state index is -0.00752. The summed E-state index contributed by atoms with van der Waals surface area (Å²) < 4.78 is 0. The van der Waals surface area contributed by atoms with Crippen LogP contribution in [0, 0.1) is 17.8 Å². The Morgan fingerprint density at radius 3 is 2.14 bits per heavy atom. The Labute approximate surface area is 169 Å². The molecule has 1 N–H and O–H groups in total. The first-order valence-electron chi connectivity index (χ1n) is 11.4. The first kappa shape index (κ1) is 18.6. The van der Waals surface area contributed by atoms with Gasteiger partial charge in [-0.15, -0.1) is 0 Å². The molecule has 4 nitrogen and oxygen atoms in total. The first-order valence-corrected chi connectivity index (χ1v) is 11.4. The summed E-state index contributed by atoms with van der Waals surface area (Å²) in [5, 5.41) is 3.58. The van der Waals surface area contributed by atoms with Crippen LogP contribution in [0.25, 0.3) is 0 Å². The van der Waals surface area contributed by atoms with Crippen molar-refractivity contribution in [2.45, 2.75) is 63.6 Å². The monoisotopic (exact) mass is 381 g/mol. The molecule has 152 valence electrons. The Bertz CT molecular complexity index is 660. The molecule has 0 radical (unpaired) electrons. The quantitative estimate of drug-likeness (QED) is 0.850. The maximum atomic E-state index is 13.1. The molecule has 1 aliphatic heterocycles. The fourth-order valence-corrected chi connectivity index (χ4v) is 6.95. The summed E-state index contributed by atoms with van der Waals surface area (Å²) in [5.74, 6) is 2.91. The molecule has 1 saturated heterocycles. The third kappa shape index (κ3) is 3.73. The number of benzene rings is 1. The molecule has 4 aliphatic carbocycles. The van der Waals surface area contributed by atoms with Crippen molar-refractivity contribution >= 4 is 5.91 Å². The van der Waals surface area contributed by atoms with Crippen molar-refractivity contribution in [1.82, 2.24) is 15.1 Å². The number of hydrogen-bond acceptors (Lipinski definition) is 3. The largest absolute Gasteiger partial charge is 0.349 e. The maximum Gasteiger partial charge on any atom is 0.237 e. The SMILES string of the molecule is C[C@H](C(=O)NC12CC3CC(CC(C3)C1)C2)N1CCN(Cc2ccccc2)CC1. The highest BCUT2D eigenvalue weighted by Gasteiger charge is 2.51. The van der Waals surface area contributed by atoms with Gasteiger partial charge in [-0.2, -0.15) is 0 Å². The van der Waals surface area contributed by atoms with E-state index in [2.05, 4.69) is 52.4 Å². The number of carbonyl (C=O) groups excluding carboxylic acids is 1. The molecule has 1 aromatic rings. The zero-order valence-electron chi connectivity index (χ0n) is 17.3. The van der Waals surface area contributed by atoms with Crippen molar-refractivity contribution in [2.24, 2.45) is 17.8 Å². The third-order valence-corrected chi connectivity index (χ3v) is 8.01. The standard InChI is InChI=1S/C24H35N3O/c1-18(27-9-7-26(8-10-27)17-19-5-3-2-4-6-19)23(28)25-24-14-20-11-21(15-24)13-22(12-20)16-24/h2-6,18,20-22H,7-17H2,1H3,(H,25,28)/t18-,20?,21?,22?,24?/m1/s1. The van der Waals surface area contributed by atoms with E-state index >= 15 is 0 Å². The molecule has 1 aromatic carbocycles. The molecular formula is C24H35N3O. The predicted molar refractivity (Wildman–Crippen MR) is 112 cm³/mol. The highest BCUT2D eigenvalue weighted by atomic mass is 16.2. The lowest BCUT2D eigenvalue weighted by atomic mass is 9.53. The second-order valence-electron chi connectivity index (χ2n) is 10.2. The van der Waals surface area contributed by atoms with Crippen LogP contribution in [0.3, 0.4) is 0 Å². The molecule has 0 aromatic heterocycles. The van der Waals surface area contributed by atoms with Crippen molar-refractivity contribution in [3.8, 4) is 0 Å². The lowest BCUT2D eigenvalue weighted by Crippen LogP contribution is -2.63. The molecule has 28 heavy (non-hydrogen) atoms. The number of nitrogens with zero attached hydrogens (tertiary/aromatic N) is 2. The van der Waals surface area contributed by atoms with Gasteiger partial charge in [0.25, 0.3) is 0 Å². The second-order valence-corrected chi connectivity index (χ2v) is 10.2. The number of amides is 1. The van der Waals surface area contributed by atoms with Crippen LogP contribution in [0.4, 0.5) is 0 Å². The molecule has 4 bridgehead atoms. The maximum absolute atomic E-state index is 13.1. The second kappa shape index (κ2) is 7.46. The van der Waals surface area contributed by atoms with Crippen LogP contribution in [-0.4, -0.2) is 53.5 Å². The van der Waals surface area contributed by atoms with Gasteiger partial charge in [-0.25, -0.2) is 0 Å². The normalized spacial score (nSPS) is 36.4. The van der Waals surface area contributed by atoms with Gasteiger partial charge in [-0.1, -0.05) is 30.3 Å². The molecular weight excluding hydrogens is 346 g/mol. The van der Waals surface area contributed by atoms with Gasteiger partial charge >= 0.3 is 0 Å². The minimum Gasteiger partial charge on any atom is -0.349 e. The molecule has 1 atom stereocenters. The Balaban J connectivity index is 1.14. The Morgan fingerprint density at radius 2 is 1.57 bits per heavy atom. The van der Waals surface area contributed by atoms with E-state index in [1.165, 1.54) is 44.1 Å². The number of nitrogens with one attached hydrogen (secondary N) is 1. The number of carbonyl (C=O) groups is 1. The Kier molecular flexibility index (Phi) is 4.96. The smallest absolute Gasteiger partial charge is 0.237 e. The van der Waals surface area contributed by atoms with Gasteiger partial charge in [-0.05, 0) is 68.8 Å². The Morgan fingerprint density at radius 1 is 1.00 bits per heavy atom. The highest BCUT2D eigenvalue weighted by molar-refractivity contribution is 5.82. The van der Waals surface area contributed by atoms with Crippen LogP contribution in [0.15, 0.2) is 30.3 Å². The number of hydrogen-bond donors (Lipinski definition) is 1. The van der Waals surface area contributed by atoms with Crippen molar-refractivity contribution in [1.29, 1.82) is 0 Å². The summed E-state index contributed by atoms with van der Waals surface area (Å²) in [6.07, 6.45) is 7.99. The van der Waals surface area contributed by atoms with Gasteiger partial charge in [0.15, 0.2) is 0 Å². The van der Waals surface area contributed by atoms with Gasteiger partial charge in [0.05, 0.1) is 6.04 Å². The fraction of sp³-hybridized carbons (Fsp3) is 0.708. The lowest BCUT2D eigenvalue weighted by Gasteiger charge is -2.57. The van der Waals surface area contributed by atoms with E-state index in [4.69, 9.17) is 0 Å². The average molecular weight is 382 g/mol. The van der Waals surface area contributed by atoms with E-state index in [0.29, 0.717) is 0 Å². The first-order chi connectivity index (χ1) is 13.6. The predicted octanol–water partition coefficient (Wildman–Crippen LogP) is 3.28. The van der Waals surface area contributed by atoms with E-state index in [0.717, 1.165) is 50.5 Å². The zero-order chi connectivity index (χ0) is 19.1. The summed E-state index contributed by atoms with van der Waals surface area (Å²) in [5.41, 5.74) is 1.51. The molecule has 0 spiro atoms. The van der Waals surface area contributed by atoms with Gasteiger partial charge in [0.1, 0.15) is 0 Å². The number of piperazine rings is 1. The van der Waals surface area contributed by atoms with Crippen molar-refractivity contribution < 1.29 is 4.79 Å². The minimum absolute atomic E-state index is 0.00752. The molecule has 6 rings (SSSR count). The van der Waals surface area contributed by atoms with Gasteiger partial charge in [-0.3, -0.25) is 14.6 Å². The topological polar surface area (TPSA) is 35.6 Å². The summed E-state index contributed by atoms with van der Waals surface area (Å²) in [4.78, 5) is 18.0. The molecule has 1 amide bonds. The Hall–Kier alpha value is -1.39. The van der Waals surface area contributed by atoms with Gasteiger partial charge < -0.3 is 5.32 Å². The van der Waals surface area contributed by atoms with E-state index in [1.807, 2.05) is 0 Å².